The number of aryl methyl sites for hydroxylation is 1. The minimum absolute atomic E-state index is 0.780. The van der Waals surface area contributed by atoms with Gasteiger partial charge in [0.25, 0.3) is 0 Å². The van der Waals surface area contributed by atoms with E-state index in [1.54, 1.807) is 4.52 Å². The number of hydrogen-bond acceptors (Lipinski definition) is 6. The highest BCUT2D eigenvalue weighted by molar-refractivity contribution is 5.77. The van der Waals surface area contributed by atoms with Crippen LogP contribution >= 0.6 is 0 Å². The molecule has 0 atom stereocenters. The van der Waals surface area contributed by atoms with E-state index in [-0.39, 0.29) is 0 Å². The zero-order chi connectivity index (χ0) is 16.8. The van der Waals surface area contributed by atoms with Crippen LogP contribution in [0.4, 0.5) is 11.8 Å². The molecule has 1 fully saturated rings. The molecule has 8 heteroatoms. The van der Waals surface area contributed by atoms with Crippen molar-refractivity contribution in [2.24, 2.45) is 0 Å². The molecule has 0 unspecified atom stereocenters. The van der Waals surface area contributed by atoms with Crippen LogP contribution in [-0.2, 0) is 0 Å². The van der Waals surface area contributed by atoms with Gasteiger partial charge in [-0.1, -0.05) is 12.1 Å². The number of piperazine rings is 1. The quantitative estimate of drug-likeness (QED) is 0.600. The molecule has 3 aromatic heterocycles. The van der Waals surface area contributed by atoms with Crippen LogP contribution in [0.1, 0.15) is 5.82 Å². The fourth-order valence-electron chi connectivity index (χ4n) is 3.29. The first-order valence-corrected chi connectivity index (χ1v) is 8.42. The summed E-state index contributed by atoms with van der Waals surface area (Å²) in [6, 6.07) is 12.1. The number of nitrogens with zero attached hydrogens (tertiary/aromatic N) is 7. The number of aromatic amines is 1. The first kappa shape index (κ1) is 14.2. The Labute approximate surface area is 144 Å². The van der Waals surface area contributed by atoms with Crippen LogP contribution in [0, 0.1) is 6.92 Å². The van der Waals surface area contributed by atoms with Gasteiger partial charge in [0.05, 0.1) is 11.0 Å². The molecule has 8 nitrogen and oxygen atoms in total. The number of H-pyrrole nitrogens is 1. The first-order valence-electron chi connectivity index (χ1n) is 8.42. The third-order valence-corrected chi connectivity index (χ3v) is 4.68. The molecule has 1 saturated heterocycles. The topological polar surface area (TPSA) is 78.2 Å². The summed E-state index contributed by atoms with van der Waals surface area (Å²) < 4.78 is 1.79. The fraction of sp³-hybridized carbons (Fsp3) is 0.294. The molecule has 4 heterocycles. The molecule has 25 heavy (non-hydrogen) atoms. The Morgan fingerprint density at radius 2 is 1.72 bits per heavy atom. The van der Waals surface area contributed by atoms with Gasteiger partial charge in [0, 0.05) is 26.2 Å². The molecule has 1 aliphatic rings. The maximum Gasteiger partial charge on any atom is 0.203 e. The second kappa shape index (κ2) is 5.44. The predicted molar refractivity (Wildman–Crippen MR) is 96.0 cm³/mol. The molecular formula is C17H18N8. The van der Waals surface area contributed by atoms with Crippen LogP contribution in [0.3, 0.4) is 0 Å². The zero-order valence-electron chi connectivity index (χ0n) is 13.9. The lowest BCUT2D eigenvalue weighted by atomic mass is 10.3. The normalized spacial score (nSPS) is 15.4. The molecule has 5 rings (SSSR count). The summed E-state index contributed by atoms with van der Waals surface area (Å²) in [4.78, 5) is 12.7. The molecule has 0 aliphatic carbocycles. The van der Waals surface area contributed by atoms with E-state index in [0.29, 0.717) is 0 Å². The van der Waals surface area contributed by atoms with E-state index in [1.807, 2.05) is 37.3 Å². The third kappa shape index (κ3) is 2.37. The highest BCUT2D eigenvalue weighted by Crippen LogP contribution is 2.20. The second-order valence-electron chi connectivity index (χ2n) is 6.26. The van der Waals surface area contributed by atoms with Crippen molar-refractivity contribution in [2.75, 3.05) is 36.0 Å². The van der Waals surface area contributed by atoms with Gasteiger partial charge in [-0.05, 0) is 31.2 Å². The number of nitrogens with one attached hydrogen (secondary N) is 1. The summed E-state index contributed by atoms with van der Waals surface area (Å²) in [6.45, 7) is 5.52. The lowest BCUT2D eigenvalue weighted by Gasteiger charge is -2.35. The predicted octanol–water partition coefficient (Wildman–Crippen LogP) is 1.64. The van der Waals surface area contributed by atoms with Crippen molar-refractivity contribution in [1.82, 2.24) is 29.8 Å². The Bertz CT molecular complexity index is 1010. The Hall–Kier alpha value is -3.16. The highest BCUT2D eigenvalue weighted by Gasteiger charge is 2.21. The van der Waals surface area contributed by atoms with Crippen LogP contribution < -0.4 is 9.80 Å². The lowest BCUT2D eigenvalue weighted by molar-refractivity contribution is 0.631. The van der Waals surface area contributed by atoms with Crippen LogP contribution in [0.2, 0.25) is 0 Å². The van der Waals surface area contributed by atoms with Crippen molar-refractivity contribution in [2.45, 2.75) is 6.92 Å². The average Bonchev–Trinajstić information content (AvgIpc) is 3.25. The van der Waals surface area contributed by atoms with E-state index in [0.717, 1.165) is 60.5 Å². The molecule has 1 aromatic carbocycles. The van der Waals surface area contributed by atoms with E-state index in [4.69, 9.17) is 4.98 Å². The van der Waals surface area contributed by atoms with Crippen LogP contribution in [0.25, 0.3) is 16.7 Å². The van der Waals surface area contributed by atoms with Crippen molar-refractivity contribution in [3.8, 4) is 0 Å². The van der Waals surface area contributed by atoms with Gasteiger partial charge >= 0.3 is 0 Å². The van der Waals surface area contributed by atoms with Gasteiger partial charge in [-0.3, -0.25) is 0 Å². The molecule has 1 aliphatic heterocycles. The molecule has 0 radical (unpaired) electrons. The fourth-order valence-corrected chi connectivity index (χ4v) is 3.29. The molecule has 4 aromatic rings. The van der Waals surface area contributed by atoms with Gasteiger partial charge < -0.3 is 14.8 Å². The number of imidazole rings is 1. The minimum Gasteiger partial charge on any atom is -0.352 e. The number of hydrogen-bond donors (Lipinski definition) is 1. The molecule has 1 N–H and O–H groups in total. The molecule has 0 bridgehead atoms. The maximum absolute atomic E-state index is 4.70. The Kier molecular flexibility index (Phi) is 3.09. The van der Waals surface area contributed by atoms with E-state index in [9.17, 15) is 0 Å². The summed E-state index contributed by atoms with van der Waals surface area (Å²) in [5.41, 5.74) is 2.87. The van der Waals surface area contributed by atoms with Gasteiger partial charge in [0.1, 0.15) is 5.82 Å². The number of benzene rings is 1. The summed E-state index contributed by atoms with van der Waals surface area (Å²) in [5.74, 6) is 2.70. The van der Waals surface area contributed by atoms with Gasteiger partial charge in [-0.2, -0.15) is 4.52 Å². The molecule has 0 amide bonds. The molecular weight excluding hydrogens is 316 g/mol. The van der Waals surface area contributed by atoms with Gasteiger partial charge in [0.2, 0.25) is 5.95 Å². The van der Waals surface area contributed by atoms with Crippen molar-refractivity contribution >= 4 is 28.4 Å². The standard InChI is InChI=1S/C17H18N8/c1-12-20-21-15-6-7-16(22-25(12)15)23-8-10-24(11-9-23)17-18-13-4-2-3-5-14(13)19-17/h2-7H,8-11H2,1H3,(H,18,19). The number of para-hydroxylation sites is 2. The summed E-state index contributed by atoms with van der Waals surface area (Å²) >= 11 is 0. The molecule has 126 valence electrons. The van der Waals surface area contributed by atoms with Crippen LogP contribution in [0.5, 0.6) is 0 Å². The Balaban J connectivity index is 1.35. The van der Waals surface area contributed by atoms with Crippen molar-refractivity contribution in [1.29, 1.82) is 0 Å². The van der Waals surface area contributed by atoms with E-state index < -0.39 is 0 Å². The third-order valence-electron chi connectivity index (χ3n) is 4.68. The zero-order valence-corrected chi connectivity index (χ0v) is 13.9. The van der Waals surface area contributed by atoms with Gasteiger partial charge in [-0.25, -0.2) is 4.98 Å². The van der Waals surface area contributed by atoms with E-state index in [2.05, 4.69) is 36.1 Å². The van der Waals surface area contributed by atoms with Crippen molar-refractivity contribution in [3.05, 3.63) is 42.2 Å². The number of anilines is 2. The number of aromatic nitrogens is 6. The largest absolute Gasteiger partial charge is 0.352 e. The summed E-state index contributed by atoms with van der Waals surface area (Å²) in [7, 11) is 0. The average molecular weight is 334 g/mol. The van der Waals surface area contributed by atoms with E-state index in [1.165, 1.54) is 0 Å². The monoisotopic (exact) mass is 334 g/mol. The second-order valence-corrected chi connectivity index (χ2v) is 6.26. The molecule has 0 spiro atoms. The Morgan fingerprint density at radius 3 is 2.56 bits per heavy atom. The Morgan fingerprint density at radius 1 is 0.920 bits per heavy atom. The van der Waals surface area contributed by atoms with E-state index >= 15 is 0 Å². The first-order chi connectivity index (χ1) is 12.3. The van der Waals surface area contributed by atoms with Crippen LogP contribution in [0.15, 0.2) is 36.4 Å². The lowest BCUT2D eigenvalue weighted by Crippen LogP contribution is -2.47. The van der Waals surface area contributed by atoms with Gasteiger partial charge in [0.15, 0.2) is 11.5 Å². The number of rotatable bonds is 2. The SMILES string of the molecule is Cc1nnc2ccc(N3CCN(c4nc5ccccc5[nH]4)CC3)nn12. The molecule has 0 saturated carbocycles. The van der Waals surface area contributed by atoms with Crippen LogP contribution in [-0.4, -0.2) is 56.0 Å². The maximum atomic E-state index is 4.70. The smallest absolute Gasteiger partial charge is 0.203 e. The van der Waals surface area contributed by atoms with Crippen molar-refractivity contribution < 1.29 is 0 Å². The number of fused-ring (bicyclic) bond motifs is 2. The summed E-state index contributed by atoms with van der Waals surface area (Å²) in [6.07, 6.45) is 0. The van der Waals surface area contributed by atoms with Gasteiger partial charge in [-0.15, -0.1) is 15.3 Å². The van der Waals surface area contributed by atoms with Crippen molar-refractivity contribution in [3.63, 3.8) is 0 Å². The highest BCUT2D eigenvalue weighted by atomic mass is 15.4. The summed E-state index contributed by atoms with van der Waals surface area (Å²) in [5, 5.41) is 12.8. The minimum atomic E-state index is 0.780.